The molecule has 3 heterocycles. The van der Waals surface area contributed by atoms with Crippen LogP contribution in [0.25, 0.3) is 38.8 Å². The minimum Gasteiger partial charge on any atom is -0.454 e. The molecule has 0 fully saturated rings. The van der Waals surface area contributed by atoms with Crippen molar-refractivity contribution >= 4 is 21.8 Å². The molecule has 0 amide bonds. The van der Waals surface area contributed by atoms with Gasteiger partial charge in [0.15, 0.2) is 11.5 Å². The Morgan fingerprint density at radius 3 is 2.41 bits per heavy atom. The molecule has 5 nitrogen and oxygen atoms in total. The summed E-state index contributed by atoms with van der Waals surface area (Å²) in [4.78, 5) is 4.71. The fraction of sp³-hybridized carbons (Fsp3) is 0.0833. The lowest BCUT2D eigenvalue weighted by Crippen LogP contribution is -1.97. The van der Waals surface area contributed by atoms with Crippen LogP contribution in [-0.4, -0.2) is 21.6 Å². The van der Waals surface area contributed by atoms with E-state index in [0.717, 1.165) is 50.2 Å². The van der Waals surface area contributed by atoms with Crippen molar-refractivity contribution in [2.75, 3.05) is 6.79 Å². The maximum absolute atomic E-state index is 5.63. The van der Waals surface area contributed by atoms with E-state index in [1.165, 1.54) is 5.56 Å². The average molecular weight is 379 g/mol. The van der Waals surface area contributed by atoms with Crippen LogP contribution in [0.15, 0.2) is 72.9 Å². The highest BCUT2D eigenvalue weighted by Gasteiger charge is 2.21. The minimum atomic E-state index is 0.237. The first-order chi connectivity index (χ1) is 14.3. The van der Waals surface area contributed by atoms with Crippen LogP contribution in [0, 0.1) is 6.92 Å². The quantitative estimate of drug-likeness (QED) is 0.419. The Bertz CT molecular complexity index is 1370. The van der Waals surface area contributed by atoms with E-state index in [1.807, 2.05) is 41.2 Å². The van der Waals surface area contributed by atoms with Gasteiger partial charge in [0.2, 0.25) is 6.79 Å². The largest absolute Gasteiger partial charge is 0.454 e. The molecule has 0 atom stereocenters. The maximum Gasteiger partial charge on any atom is 0.231 e. The van der Waals surface area contributed by atoms with E-state index < -0.39 is 0 Å². The van der Waals surface area contributed by atoms with Crippen molar-refractivity contribution in [1.29, 1.82) is 0 Å². The molecule has 140 valence electrons. The van der Waals surface area contributed by atoms with E-state index in [2.05, 4.69) is 43.3 Å². The molecular formula is C24H17N3O2. The number of aryl methyl sites for hydroxylation is 1. The molecule has 0 radical (unpaired) electrons. The van der Waals surface area contributed by atoms with E-state index in [1.54, 1.807) is 0 Å². The van der Waals surface area contributed by atoms with Crippen molar-refractivity contribution in [3.8, 4) is 28.4 Å². The second-order valence-electron chi connectivity index (χ2n) is 7.21. The zero-order valence-corrected chi connectivity index (χ0v) is 15.8. The van der Waals surface area contributed by atoms with Crippen LogP contribution in [0.2, 0.25) is 0 Å². The molecule has 0 bridgehead atoms. The predicted molar refractivity (Wildman–Crippen MR) is 113 cm³/mol. The van der Waals surface area contributed by atoms with Crippen molar-refractivity contribution < 1.29 is 9.47 Å². The Labute approximate surface area is 167 Å². The van der Waals surface area contributed by atoms with E-state index in [4.69, 9.17) is 19.6 Å². The van der Waals surface area contributed by atoms with Crippen LogP contribution >= 0.6 is 0 Å². The number of hydrogen-bond donors (Lipinski definition) is 0. The summed E-state index contributed by atoms with van der Waals surface area (Å²) in [6.07, 6.45) is 1.90. The van der Waals surface area contributed by atoms with Crippen LogP contribution in [0.3, 0.4) is 0 Å². The minimum absolute atomic E-state index is 0.237. The van der Waals surface area contributed by atoms with Gasteiger partial charge in [0, 0.05) is 28.6 Å². The number of nitrogens with zero attached hydrogens (tertiary/aromatic N) is 3. The zero-order chi connectivity index (χ0) is 19.4. The number of fused-ring (bicyclic) bond motifs is 4. The number of pyridine rings is 1. The number of aromatic nitrogens is 3. The highest BCUT2D eigenvalue weighted by atomic mass is 16.7. The molecule has 0 N–H and O–H groups in total. The molecule has 0 saturated heterocycles. The molecule has 0 aliphatic carbocycles. The van der Waals surface area contributed by atoms with Gasteiger partial charge in [-0.3, -0.25) is 4.98 Å². The van der Waals surface area contributed by atoms with Gasteiger partial charge in [0.05, 0.1) is 16.7 Å². The van der Waals surface area contributed by atoms with Gasteiger partial charge in [0.25, 0.3) is 0 Å². The Morgan fingerprint density at radius 1 is 0.862 bits per heavy atom. The summed E-state index contributed by atoms with van der Waals surface area (Å²) in [6, 6.07) is 22.5. The Kier molecular flexibility index (Phi) is 3.38. The van der Waals surface area contributed by atoms with Crippen LogP contribution in [0.1, 0.15) is 5.56 Å². The second kappa shape index (κ2) is 6.07. The van der Waals surface area contributed by atoms with Crippen molar-refractivity contribution in [3.05, 3.63) is 78.5 Å². The first-order valence-corrected chi connectivity index (χ1v) is 9.51. The first kappa shape index (κ1) is 16.1. The monoisotopic (exact) mass is 379 g/mol. The van der Waals surface area contributed by atoms with Gasteiger partial charge < -0.3 is 9.47 Å². The molecule has 6 rings (SSSR count). The third kappa shape index (κ3) is 2.48. The molecule has 1 aliphatic heterocycles. The average Bonchev–Trinajstić information content (AvgIpc) is 3.37. The fourth-order valence-corrected chi connectivity index (χ4v) is 3.86. The molecule has 0 unspecified atom stereocenters. The number of rotatable bonds is 2. The van der Waals surface area contributed by atoms with Crippen LogP contribution in [-0.2, 0) is 0 Å². The maximum atomic E-state index is 5.63. The van der Waals surface area contributed by atoms with Crippen molar-refractivity contribution in [2.24, 2.45) is 0 Å². The molecule has 0 spiro atoms. The Hall–Kier alpha value is -3.86. The molecule has 3 aromatic carbocycles. The summed E-state index contributed by atoms with van der Waals surface area (Å²) >= 11 is 0. The van der Waals surface area contributed by atoms with E-state index >= 15 is 0 Å². The van der Waals surface area contributed by atoms with Gasteiger partial charge in [-0.1, -0.05) is 48.0 Å². The normalized spacial score (nSPS) is 12.7. The molecular weight excluding hydrogens is 362 g/mol. The summed E-state index contributed by atoms with van der Waals surface area (Å²) in [5, 5.41) is 7.00. The summed E-state index contributed by atoms with van der Waals surface area (Å²) in [7, 11) is 0. The van der Waals surface area contributed by atoms with Gasteiger partial charge >= 0.3 is 0 Å². The number of ether oxygens (including phenoxy) is 2. The lowest BCUT2D eigenvalue weighted by molar-refractivity contribution is 0.174. The smallest absolute Gasteiger partial charge is 0.231 e. The van der Waals surface area contributed by atoms with Crippen LogP contribution < -0.4 is 9.47 Å². The SMILES string of the molecule is Cc1ccc(-n2nc(-c3ccccc3)c3cnc4cc5c(cc4c32)OCO5)cc1. The highest BCUT2D eigenvalue weighted by Crippen LogP contribution is 2.40. The molecule has 29 heavy (non-hydrogen) atoms. The first-order valence-electron chi connectivity index (χ1n) is 9.51. The molecule has 1 aliphatic rings. The summed E-state index contributed by atoms with van der Waals surface area (Å²) in [5.74, 6) is 1.47. The van der Waals surface area contributed by atoms with Gasteiger partial charge in [-0.2, -0.15) is 5.10 Å². The third-order valence-electron chi connectivity index (χ3n) is 5.33. The van der Waals surface area contributed by atoms with Gasteiger partial charge in [-0.05, 0) is 25.1 Å². The van der Waals surface area contributed by atoms with E-state index in [-0.39, 0.29) is 6.79 Å². The third-order valence-corrected chi connectivity index (χ3v) is 5.33. The van der Waals surface area contributed by atoms with E-state index in [0.29, 0.717) is 0 Å². The second-order valence-corrected chi connectivity index (χ2v) is 7.21. The van der Waals surface area contributed by atoms with Gasteiger partial charge in [-0.25, -0.2) is 4.68 Å². The van der Waals surface area contributed by atoms with Crippen molar-refractivity contribution in [3.63, 3.8) is 0 Å². The standard InChI is InChI=1S/C24H17N3O2/c1-15-7-9-17(10-8-15)27-24-18-11-21-22(29-14-28-21)12-20(18)25-13-19(24)23(26-27)16-5-3-2-4-6-16/h2-13H,14H2,1H3. The van der Waals surface area contributed by atoms with Crippen molar-refractivity contribution in [1.82, 2.24) is 14.8 Å². The Morgan fingerprint density at radius 2 is 1.62 bits per heavy atom. The van der Waals surface area contributed by atoms with E-state index in [9.17, 15) is 0 Å². The topological polar surface area (TPSA) is 49.2 Å². The predicted octanol–water partition coefficient (Wildman–Crippen LogP) is 5.28. The summed E-state index contributed by atoms with van der Waals surface area (Å²) in [5.41, 5.74) is 6.06. The molecule has 2 aromatic heterocycles. The summed E-state index contributed by atoms with van der Waals surface area (Å²) in [6.45, 7) is 2.32. The molecule has 5 heteroatoms. The number of hydrogen-bond acceptors (Lipinski definition) is 4. The fourth-order valence-electron chi connectivity index (χ4n) is 3.86. The van der Waals surface area contributed by atoms with Gasteiger partial charge in [0.1, 0.15) is 5.69 Å². The van der Waals surface area contributed by atoms with Crippen molar-refractivity contribution in [2.45, 2.75) is 6.92 Å². The molecule has 0 saturated carbocycles. The number of benzene rings is 3. The Balaban J connectivity index is 1.73. The van der Waals surface area contributed by atoms with Gasteiger partial charge in [-0.15, -0.1) is 0 Å². The van der Waals surface area contributed by atoms with Crippen LogP contribution in [0.5, 0.6) is 11.5 Å². The highest BCUT2D eigenvalue weighted by molar-refractivity contribution is 6.09. The summed E-state index contributed by atoms with van der Waals surface area (Å²) < 4.78 is 13.2. The lowest BCUT2D eigenvalue weighted by Gasteiger charge is -2.07. The van der Waals surface area contributed by atoms with Crippen LogP contribution in [0.4, 0.5) is 0 Å². The zero-order valence-electron chi connectivity index (χ0n) is 15.8. The lowest BCUT2D eigenvalue weighted by atomic mass is 10.1. The molecule has 5 aromatic rings.